The van der Waals surface area contributed by atoms with E-state index in [9.17, 15) is 0 Å². The van der Waals surface area contributed by atoms with Crippen molar-refractivity contribution in [3.8, 4) is 0 Å². The summed E-state index contributed by atoms with van der Waals surface area (Å²) in [5.74, 6) is 3.75. The Balaban J connectivity index is 1.71. The highest BCUT2D eigenvalue weighted by Gasteiger charge is 2.41. The number of fused-ring (bicyclic) bond motifs is 2. The Morgan fingerprint density at radius 2 is 2.00 bits per heavy atom. The third-order valence-electron chi connectivity index (χ3n) is 4.79. The van der Waals surface area contributed by atoms with Gasteiger partial charge in [-0.2, -0.15) is 15.0 Å². The highest BCUT2D eigenvalue weighted by molar-refractivity contribution is 6.28. The molecule has 2 bridgehead atoms. The monoisotopic (exact) mass is 295 g/mol. The van der Waals surface area contributed by atoms with Crippen LogP contribution in [0.25, 0.3) is 0 Å². The van der Waals surface area contributed by atoms with Crippen molar-refractivity contribution in [2.45, 2.75) is 38.6 Å². The van der Waals surface area contributed by atoms with Crippen LogP contribution in [-0.4, -0.2) is 35.1 Å². The summed E-state index contributed by atoms with van der Waals surface area (Å²) in [5.41, 5.74) is 0. The summed E-state index contributed by atoms with van der Waals surface area (Å²) in [5, 5.41) is 3.67. The molecular weight excluding hydrogens is 274 g/mol. The molecular formula is C14H22ClN5. The molecule has 4 atom stereocenters. The Kier molecular flexibility index (Phi) is 3.71. The highest BCUT2D eigenvalue weighted by atomic mass is 35.5. The minimum Gasteiger partial charge on any atom is -0.351 e. The lowest BCUT2D eigenvalue weighted by molar-refractivity contribution is 0.303. The van der Waals surface area contributed by atoms with Crippen molar-refractivity contribution < 1.29 is 0 Å². The summed E-state index contributed by atoms with van der Waals surface area (Å²) in [4.78, 5) is 14.5. The van der Waals surface area contributed by atoms with Gasteiger partial charge in [0.15, 0.2) is 0 Å². The van der Waals surface area contributed by atoms with Crippen LogP contribution in [0.1, 0.15) is 32.6 Å². The molecule has 2 aliphatic rings. The van der Waals surface area contributed by atoms with Crippen molar-refractivity contribution >= 4 is 23.5 Å². The molecule has 0 amide bonds. The third kappa shape index (κ3) is 2.68. The zero-order chi connectivity index (χ0) is 14.3. The molecule has 1 aromatic heterocycles. The predicted molar refractivity (Wildman–Crippen MR) is 81.2 cm³/mol. The van der Waals surface area contributed by atoms with Crippen molar-refractivity contribution in [3.05, 3.63) is 5.28 Å². The minimum atomic E-state index is 0.242. The van der Waals surface area contributed by atoms with Gasteiger partial charge in [-0.05, 0) is 55.5 Å². The molecule has 110 valence electrons. The first kappa shape index (κ1) is 13.9. The number of hydrogen-bond acceptors (Lipinski definition) is 5. The van der Waals surface area contributed by atoms with E-state index in [1.54, 1.807) is 0 Å². The lowest BCUT2D eigenvalue weighted by Gasteiger charge is -2.28. The van der Waals surface area contributed by atoms with Crippen LogP contribution in [-0.2, 0) is 0 Å². The van der Waals surface area contributed by atoms with Crippen molar-refractivity contribution in [1.82, 2.24) is 15.0 Å². The van der Waals surface area contributed by atoms with Gasteiger partial charge in [0.25, 0.3) is 0 Å². The molecule has 0 aromatic carbocycles. The fraction of sp³-hybridized carbons (Fsp3) is 0.786. The average molecular weight is 296 g/mol. The molecule has 0 saturated heterocycles. The third-order valence-corrected chi connectivity index (χ3v) is 4.96. The van der Waals surface area contributed by atoms with Crippen molar-refractivity contribution in [2.24, 2.45) is 17.8 Å². The van der Waals surface area contributed by atoms with Crippen LogP contribution in [0.15, 0.2) is 0 Å². The number of anilines is 2. The number of aromatic nitrogens is 3. The maximum absolute atomic E-state index is 5.97. The fourth-order valence-corrected chi connectivity index (χ4v) is 3.98. The van der Waals surface area contributed by atoms with E-state index in [1.807, 2.05) is 19.0 Å². The molecule has 5 nitrogen and oxygen atoms in total. The van der Waals surface area contributed by atoms with E-state index in [0.717, 1.165) is 17.8 Å². The van der Waals surface area contributed by atoms with E-state index in [0.29, 0.717) is 17.9 Å². The normalized spacial score (nSPS) is 29.5. The number of rotatable bonds is 4. The van der Waals surface area contributed by atoms with Crippen molar-refractivity contribution in [3.63, 3.8) is 0 Å². The quantitative estimate of drug-likeness (QED) is 0.926. The molecule has 0 radical (unpaired) electrons. The van der Waals surface area contributed by atoms with Gasteiger partial charge >= 0.3 is 0 Å². The van der Waals surface area contributed by atoms with Gasteiger partial charge in [-0.3, -0.25) is 0 Å². The molecule has 1 aromatic rings. The van der Waals surface area contributed by atoms with E-state index < -0.39 is 0 Å². The maximum atomic E-state index is 5.97. The van der Waals surface area contributed by atoms with Gasteiger partial charge in [0.1, 0.15) is 0 Å². The summed E-state index contributed by atoms with van der Waals surface area (Å²) < 4.78 is 0. The molecule has 2 saturated carbocycles. The standard InChI is InChI=1S/C14H22ClN5/c1-8(11-7-9-4-5-10(11)6-9)16-13-17-12(15)18-14(19-13)20(2)3/h8-11H,4-7H2,1-3H3,(H,16,17,18,19). The molecule has 4 unspecified atom stereocenters. The Bertz CT molecular complexity index is 492. The van der Waals surface area contributed by atoms with Gasteiger partial charge < -0.3 is 10.2 Å². The molecule has 0 aliphatic heterocycles. The van der Waals surface area contributed by atoms with E-state index in [2.05, 4.69) is 27.2 Å². The minimum absolute atomic E-state index is 0.242. The molecule has 6 heteroatoms. The number of halogens is 1. The van der Waals surface area contributed by atoms with Gasteiger partial charge in [0, 0.05) is 20.1 Å². The van der Waals surface area contributed by atoms with E-state index in [4.69, 9.17) is 11.6 Å². The van der Waals surface area contributed by atoms with Crippen molar-refractivity contribution in [2.75, 3.05) is 24.3 Å². The number of nitrogens with zero attached hydrogens (tertiary/aromatic N) is 4. The average Bonchev–Trinajstić information content (AvgIpc) is 3.00. The second-order valence-corrected chi connectivity index (χ2v) is 6.73. The molecule has 1 heterocycles. The van der Waals surface area contributed by atoms with Crippen LogP contribution in [0, 0.1) is 17.8 Å². The van der Waals surface area contributed by atoms with Gasteiger partial charge in [-0.1, -0.05) is 6.42 Å². The van der Waals surface area contributed by atoms with E-state index >= 15 is 0 Å². The zero-order valence-corrected chi connectivity index (χ0v) is 13.1. The second-order valence-electron chi connectivity index (χ2n) is 6.39. The van der Waals surface area contributed by atoms with Gasteiger partial charge in [-0.25, -0.2) is 0 Å². The van der Waals surface area contributed by atoms with Gasteiger partial charge in [0.2, 0.25) is 17.2 Å². The van der Waals surface area contributed by atoms with Crippen LogP contribution in [0.2, 0.25) is 5.28 Å². The van der Waals surface area contributed by atoms with E-state index in [1.165, 1.54) is 25.7 Å². The summed E-state index contributed by atoms with van der Waals surface area (Å²) in [6.45, 7) is 2.23. The molecule has 0 spiro atoms. The van der Waals surface area contributed by atoms with Crippen LogP contribution >= 0.6 is 11.6 Å². The SMILES string of the molecule is CC(Nc1nc(Cl)nc(N(C)C)n1)C1CC2CCC1C2. The van der Waals surface area contributed by atoms with Gasteiger partial charge in [-0.15, -0.1) is 0 Å². The van der Waals surface area contributed by atoms with Crippen LogP contribution in [0.5, 0.6) is 0 Å². The summed E-state index contributed by atoms with van der Waals surface area (Å²) in [6.07, 6.45) is 5.58. The van der Waals surface area contributed by atoms with Gasteiger partial charge in [0.05, 0.1) is 0 Å². The Hall–Kier alpha value is -1.10. The van der Waals surface area contributed by atoms with E-state index in [-0.39, 0.29) is 5.28 Å². The Morgan fingerprint density at radius 3 is 2.60 bits per heavy atom. The smallest absolute Gasteiger partial charge is 0.230 e. The second kappa shape index (κ2) is 5.35. The molecule has 2 aliphatic carbocycles. The summed E-state index contributed by atoms with van der Waals surface area (Å²) >= 11 is 5.97. The summed E-state index contributed by atoms with van der Waals surface area (Å²) in [6, 6.07) is 0.388. The van der Waals surface area contributed by atoms with Crippen LogP contribution in [0.4, 0.5) is 11.9 Å². The first-order valence-electron chi connectivity index (χ1n) is 7.38. The largest absolute Gasteiger partial charge is 0.351 e. The lowest BCUT2D eigenvalue weighted by atomic mass is 9.84. The number of nitrogens with one attached hydrogen (secondary N) is 1. The Morgan fingerprint density at radius 1 is 1.20 bits per heavy atom. The Labute approximate surface area is 125 Å². The summed E-state index contributed by atoms with van der Waals surface area (Å²) in [7, 11) is 3.80. The first-order chi connectivity index (χ1) is 9.52. The zero-order valence-electron chi connectivity index (χ0n) is 12.3. The predicted octanol–water partition coefficient (Wildman–Crippen LogP) is 2.83. The molecule has 20 heavy (non-hydrogen) atoms. The molecule has 1 N–H and O–H groups in total. The first-order valence-corrected chi connectivity index (χ1v) is 7.76. The topological polar surface area (TPSA) is 53.9 Å². The highest BCUT2D eigenvalue weighted by Crippen LogP contribution is 2.49. The van der Waals surface area contributed by atoms with Crippen LogP contribution < -0.4 is 10.2 Å². The fourth-order valence-electron chi connectivity index (χ4n) is 3.82. The maximum Gasteiger partial charge on any atom is 0.230 e. The lowest BCUT2D eigenvalue weighted by Crippen LogP contribution is -2.31. The van der Waals surface area contributed by atoms with Crippen LogP contribution in [0.3, 0.4) is 0 Å². The van der Waals surface area contributed by atoms with Crippen molar-refractivity contribution in [1.29, 1.82) is 0 Å². The molecule has 2 fully saturated rings. The molecule has 3 rings (SSSR count). The number of hydrogen-bond donors (Lipinski definition) is 1.